The summed E-state index contributed by atoms with van der Waals surface area (Å²) in [6.45, 7) is 8.76. The van der Waals surface area contributed by atoms with E-state index in [1.165, 1.54) is 0 Å². The Kier molecular flexibility index (Phi) is 9.76. The molecule has 2 heterocycles. The topological polar surface area (TPSA) is 53.6 Å². The fourth-order valence-electron chi connectivity index (χ4n) is 2.65. The lowest BCUT2D eigenvalue weighted by atomic mass is 10.1. The van der Waals surface area contributed by atoms with Crippen molar-refractivity contribution >= 4 is 30.7 Å². The van der Waals surface area contributed by atoms with Crippen LogP contribution in [0.25, 0.3) is 0 Å². The molecule has 20 heavy (non-hydrogen) atoms. The second-order valence-electron chi connectivity index (χ2n) is 5.34. The molecule has 5 nitrogen and oxygen atoms in total. The lowest BCUT2D eigenvalue weighted by Crippen LogP contribution is -2.54. The molecule has 2 N–H and O–H groups in total. The largest absolute Gasteiger partial charge is 0.379 e. The fourth-order valence-corrected chi connectivity index (χ4v) is 2.65. The minimum atomic E-state index is 0. The van der Waals surface area contributed by atoms with Gasteiger partial charge in [0.15, 0.2) is 0 Å². The molecule has 0 spiro atoms. The quantitative estimate of drug-likeness (QED) is 0.802. The first kappa shape index (κ1) is 19.9. The van der Waals surface area contributed by atoms with E-state index < -0.39 is 0 Å². The van der Waals surface area contributed by atoms with E-state index in [4.69, 9.17) is 4.74 Å². The van der Waals surface area contributed by atoms with Crippen LogP contribution in [0.4, 0.5) is 0 Å². The summed E-state index contributed by atoms with van der Waals surface area (Å²) >= 11 is 0. The monoisotopic (exact) mass is 327 g/mol. The molecule has 0 aliphatic carbocycles. The minimum Gasteiger partial charge on any atom is -0.379 e. The second kappa shape index (κ2) is 9.79. The van der Waals surface area contributed by atoms with Crippen LogP contribution in [0.1, 0.15) is 26.7 Å². The van der Waals surface area contributed by atoms with Gasteiger partial charge < -0.3 is 15.4 Å². The molecular formula is C13H27Cl2N3O2. The van der Waals surface area contributed by atoms with E-state index in [0.29, 0.717) is 6.04 Å². The summed E-state index contributed by atoms with van der Waals surface area (Å²) in [5.74, 6) is 0.153. The lowest BCUT2D eigenvalue weighted by molar-refractivity contribution is -0.124. The number of ether oxygens (including phenoxy) is 1. The van der Waals surface area contributed by atoms with Crippen molar-refractivity contribution in [2.24, 2.45) is 0 Å². The first-order valence-electron chi connectivity index (χ1n) is 7.04. The predicted octanol–water partition coefficient (Wildman–Crippen LogP) is 0.807. The predicted molar refractivity (Wildman–Crippen MR) is 85.0 cm³/mol. The third kappa shape index (κ3) is 5.37. The molecule has 3 atom stereocenters. The number of amides is 1. The van der Waals surface area contributed by atoms with Gasteiger partial charge in [-0.1, -0.05) is 0 Å². The van der Waals surface area contributed by atoms with Crippen molar-refractivity contribution in [2.45, 2.75) is 44.8 Å². The molecule has 0 aromatic carbocycles. The van der Waals surface area contributed by atoms with Crippen LogP contribution in [0.5, 0.6) is 0 Å². The van der Waals surface area contributed by atoms with Crippen LogP contribution in [0.3, 0.4) is 0 Å². The van der Waals surface area contributed by atoms with Gasteiger partial charge in [-0.25, -0.2) is 0 Å². The Hall–Kier alpha value is -0.0700. The number of carbonyl (C=O) groups is 1. The average Bonchev–Trinajstić information content (AvgIpc) is 2.92. The van der Waals surface area contributed by atoms with Crippen LogP contribution in [0.15, 0.2) is 0 Å². The molecule has 2 saturated heterocycles. The van der Waals surface area contributed by atoms with Crippen LogP contribution in [0.2, 0.25) is 0 Å². The summed E-state index contributed by atoms with van der Waals surface area (Å²) in [4.78, 5) is 14.4. The van der Waals surface area contributed by atoms with Gasteiger partial charge in [0, 0.05) is 25.2 Å². The highest BCUT2D eigenvalue weighted by Gasteiger charge is 2.27. The Morgan fingerprint density at radius 3 is 2.50 bits per heavy atom. The number of carbonyl (C=O) groups excluding carboxylic acids is 1. The molecule has 2 rings (SSSR count). The molecule has 1 amide bonds. The fraction of sp³-hybridized carbons (Fsp3) is 0.923. The molecule has 0 bridgehead atoms. The lowest BCUT2D eigenvalue weighted by Gasteiger charge is -2.36. The average molecular weight is 328 g/mol. The molecule has 0 aromatic heterocycles. The van der Waals surface area contributed by atoms with Gasteiger partial charge in [-0.15, -0.1) is 24.8 Å². The van der Waals surface area contributed by atoms with Crippen LogP contribution in [0, 0.1) is 0 Å². The molecule has 0 aromatic rings. The van der Waals surface area contributed by atoms with E-state index in [-0.39, 0.29) is 42.8 Å². The SMILES string of the molecule is CC(NC(=O)C1CCCN1)C(C)N1CCOCC1.Cl.Cl. The van der Waals surface area contributed by atoms with E-state index in [0.717, 1.165) is 45.7 Å². The normalized spacial score (nSPS) is 26.0. The standard InChI is InChI=1S/C13H25N3O2.2ClH/c1-10(11(2)16-6-8-18-9-7-16)15-13(17)12-4-3-5-14-12;;/h10-12,14H,3-9H2,1-2H3,(H,15,17);2*1H. The van der Waals surface area contributed by atoms with Crippen molar-refractivity contribution in [3.8, 4) is 0 Å². The van der Waals surface area contributed by atoms with Gasteiger partial charge in [0.1, 0.15) is 0 Å². The number of nitrogens with one attached hydrogen (secondary N) is 2. The van der Waals surface area contributed by atoms with Crippen LogP contribution < -0.4 is 10.6 Å². The minimum absolute atomic E-state index is 0. The molecule has 2 fully saturated rings. The van der Waals surface area contributed by atoms with E-state index in [9.17, 15) is 4.79 Å². The molecule has 120 valence electrons. The maximum Gasteiger partial charge on any atom is 0.237 e. The van der Waals surface area contributed by atoms with Crippen molar-refractivity contribution in [3.05, 3.63) is 0 Å². The zero-order valence-corrected chi connectivity index (χ0v) is 13.9. The smallest absolute Gasteiger partial charge is 0.237 e. The van der Waals surface area contributed by atoms with Crippen molar-refractivity contribution in [3.63, 3.8) is 0 Å². The molecule has 3 unspecified atom stereocenters. The number of hydrogen-bond donors (Lipinski definition) is 2. The highest BCUT2D eigenvalue weighted by molar-refractivity contribution is 5.85. The Bertz CT molecular complexity index is 283. The van der Waals surface area contributed by atoms with E-state index in [1.54, 1.807) is 0 Å². The van der Waals surface area contributed by atoms with Crippen LogP contribution in [-0.2, 0) is 9.53 Å². The molecule has 0 radical (unpaired) electrons. The Labute approximate surface area is 134 Å². The maximum atomic E-state index is 12.0. The van der Waals surface area contributed by atoms with Gasteiger partial charge in [0.25, 0.3) is 0 Å². The van der Waals surface area contributed by atoms with Gasteiger partial charge in [0.2, 0.25) is 5.91 Å². The third-order valence-corrected chi connectivity index (χ3v) is 4.09. The third-order valence-electron chi connectivity index (χ3n) is 4.09. The Morgan fingerprint density at radius 2 is 1.95 bits per heavy atom. The first-order valence-corrected chi connectivity index (χ1v) is 7.04. The number of morpholine rings is 1. The van der Waals surface area contributed by atoms with Gasteiger partial charge in [0.05, 0.1) is 19.3 Å². The zero-order valence-electron chi connectivity index (χ0n) is 12.3. The first-order chi connectivity index (χ1) is 8.68. The van der Waals surface area contributed by atoms with Crippen LogP contribution >= 0.6 is 24.8 Å². The number of nitrogens with zero attached hydrogens (tertiary/aromatic N) is 1. The van der Waals surface area contributed by atoms with Gasteiger partial charge in [-0.05, 0) is 33.2 Å². The van der Waals surface area contributed by atoms with Crippen molar-refractivity contribution in [1.29, 1.82) is 0 Å². The van der Waals surface area contributed by atoms with E-state index in [1.807, 2.05) is 0 Å². The van der Waals surface area contributed by atoms with Gasteiger partial charge >= 0.3 is 0 Å². The van der Waals surface area contributed by atoms with Gasteiger partial charge in [-0.3, -0.25) is 9.69 Å². The second-order valence-corrected chi connectivity index (χ2v) is 5.34. The summed E-state index contributed by atoms with van der Waals surface area (Å²) in [6.07, 6.45) is 2.07. The molecule has 2 aliphatic heterocycles. The van der Waals surface area contributed by atoms with Crippen LogP contribution in [-0.4, -0.2) is 61.8 Å². The van der Waals surface area contributed by atoms with Crippen molar-refractivity contribution in [1.82, 2.24) is 15.5 Å². The summed E-state index contributed by atoms with van der Waals surface area (Å²) in [5.41, 5.74) is 0. The summed E-state index contributed by atoms with van der Waals surface area (Å²) in [7, 11) is 0. The van der Waals surface area contributed by atoms with E-state index >= 15 is 0 Å². The number of hydrogen-bond acceptors (Lipinski definition) is 4. The highest BCUT2D eigenvalue weighted by Crippen LogP contribution is 2.09. The summed E-state index contributed by atoms with van der Waals surface area (Å²) < 4.78 is 5.35. The zero-order chi connectivity index (χ0) is 13.0. The van der Waals surface area contributed by atoms with Crippen molar-refractivity contribution in [2.75, 3.05) is 32.8 Å². The van der Waals surface area contributed by atoms with E-state index in [2.05, 4.69) is 29.4 Å². The van der Waals surface area contributed by atoms with Crippen molar-refractivity contribution < 1.29 is 9.53 Å². The summed E-state index contributed by atoms with van der Waals surface area (Å²) in [6, 6.07) is 0.557. The maximum absolute atomic E-state index is 12.0. The Morgan fingerprint density at radius 1 is 1.30 bits per heavy atom. The number of rotatable bonds is 4. The highest BCUT2D eigenvalue weighted by atomic mass is 35.5. The molecular weight excluding hydrogens is 301 g/mol. The van der Waals surface area contributed by atoms with Gasteiger partial charge in [-0.2, -0.15) is 0 Å². The molecule has 7 heteroatoms. The molecule has 0 saturated carbocycles. The number of halogens is 2. The Balaban J connectivity index is 0.00000180. The molecule has 2 aliphatic rings. The summed E-state index contributed by atoms with van der Waals surface area (Å²) in [5, 5.41) is 6.37.